The molecule has 0 aliphatic rings. The third kappa shape index (κ3) is 1.89. The van der Waals surface area contributed by atoms with Crippen molar-refractivity contribution in [3.8, 4) is 0 Å². The molecule has 0 atom stereocenters. The smallest absolute Gasteiger partial charge is 0.416 e. The molecule has 0 aliphatic carbocycles. The maximum atomic E-state index is 12.4. The van der Waals surface area contributed by atoms with E-state index in [2.05, 4.69) is 4.98 Å². The summed E-state index contributed by atoms with van der Waals surface area (Å²) in [6.45, 7) is 3.74. The van der Waals surface area contributed by atoms with Crippen LogP contribution in [-0.2, 0) is 6.18 Å². The fourth-order valence-electron chi connectivity index (χ4n) is 1.37. The van der Waals surface area contributed by atoms with Crippen molar-refractivity contribution in [1.82, 2.24) is 4.98 Å². The highest BCUT2D eigenvalue weighted by Gasteiger charge is 2.31. The van der Waals surface area contributed by atoms with Crippen molar-refractivity contribution in [2.24, 2.45) is 0 Å². The number of fused-ring (bicyclic) bond motifs is 1. The first-order valence-corrected chi connectivity index (χ1v) is 4.85. The highest BCUT2D eigenvalue weighted by atomic mass is 19.4. The largest absolute Gasteiger partial charge is 0.440 e. The summed E-state index contributed by atoms with van der Waals surface area (Å²) in [5, 5.41) is 0. The van der Waals surface area contributed by atoms with Gasteiger partial charge in [0.15, 0.2) is 11.5 Å². The van der Waals surface area contributed by atoms with Gasteiger partial charge in [-0.15, -0.1) is 0 Å². The summed E-state index contributed by atoms with van der Waals surface area (Å²) in [4.78, 5) is 4.02. The van der Waals surface area contributed by atoms with E-state index in [4.69, 9.17) is 4.42 Å². The molecule has 0 aliphatic heterocycles. The summed E-state index contributed by atoms with van der Waals surface area (Å²) in [6.07, 6.45) is -4.34. The lowest BCUT2D eigenvalue weighted by Crippen LogP contribution is -2.03. The molecule has 16 heavy (non-hydrogen) atoms. The molecule has 0 N–H and O–H groups in total. The number of oxazole rings is 1. The van der Waals surface area contributed by atoms with Gasteiger partial charge in [0.1, 0.15) is 5.52 Å². The molecule has 2 rings (SSSR count). The molecule has 0 spiro atoms. The van der Waals surface area contributed by atoms with Gasteiger partial charge in [-0.25, -0.2) is 4.98 Å². The molecule has 0 amide bonds. The van der Waals surface area contributed by atoms with Gasteiger partial charge in [-0.1, -0.05) is 13.8 Å². The Morgan fingerprint density at radius 1 is 1.25 bits per heavy atom. The Balaban J connectivity index is 2.54. The lowest BCUT2D eigenvalue weighted by Gasteiger charge is -2.04. The second kappa shape index (κ2) is 3.50. The fraction of sp³-hybridized carbons (Fsp3) is 0.364. The summed E-state index contributed by atoms with van der Waals surface area (Å²) >= 11 is 0. The SMILES string of the molecule is CC(C)c1nc2cc(C(F)(F)F)ccc2o1. The lowest BCUT2D eigenvalue weighted by atomic mass is 10.2. The number of benzene rings is 1. The van der Waals surface area contributed by atoms with Crippen LogP contribution >= 0.6 is 0 Å². The van der Waals surface area contributed by atoms with E-state index in [9.17, 15) is 13.2 Å². The minimum Gasteiger partial charge on any atom is -0.440 e. The third-order valence-electron chi connectivity index (χ3n) is 2.23. The predicted molar refractivity (Wildman–Crippen MR) is 53.1 cm³/mol. The number of halogens is 3. The molecule has 1 aromatic carbocycles. The van der Waals surface area contributed by atoms with Gasteiger partial charge < -0.3 is 4.42 Å². The van der Waals surface area contributed by atoms with Crippen LogP contribution in [0.1, 0.15) is 31.2 Å². The standard InChI is InChI=1S/C11H10F3NO/c1-6(2)10-15-8-5-7(11(12,13)14)3-4-9(8)16-10/h3-6H,1-2H3. The highest BCUT2D eigenvalue weighted by Crippen LogP contribution is 2.32. The molecule has 2 aromatic rings. The van der Waals surface area contributed by atoms with Crippen LogP contribution in [0.25, 0.3) is 11.1 Å². The van der Waals surface area contributed by atoms with E-state index in [0.29, 0.717) is 11.5 Å². The Morgan fingerprint density at radius 2 is 1.94 bits per heavy atom. The Morgan fingerprint density at radius 3 is 2.50 bits per heavy atom. The normalized spacial score (nSPS) is 12.6. The Labute approximate surface area is 90.1 Å². The van der Waals surface area contributed by atoms with Crippen LogP contribution in [0.3, 0.4) is 0 Å². The Kier molecular flexibility index (Phi) is 2.40. The van der Waals surface area contributed by atoms with E-state index in [1.54, 1.807) is 0 Å². The van der Waals surface area contributed by atoms with E-state index in [0.717, 1.165) is 12.1 Å². The second-order valence-electron chi connectivity index (χ2n) is 3.89. The molecule has 2 nitrogen and oxygen atoms in total. The van der Waals surface area contributed by atoms with Gasteiger partial charge in [-0.05, 0) is 18.2 Å². The first kappa shape index (κ1) is 11.0. The van der Waals surface area contributed by atoms with E-state index >= 15 is 0 Å². The number of rotatable bonds is 1. The number of hydrogen-bond donors (Lipinski definition) is 0. The number of alkyl halides is 3. The minimum atomic E-state index is -4.34. The van der Waals surface area contributed by atoms with E-state index in [-0.39, 0.29) is 11.4 Å². The van der Waals surface area contributed by atoms with Crippen molar-refractivity contribution in [2.75, 3.05) is 0 Å². The molecular weight excluding hydrogens is 219 g/mol. The monoisotopic (exact) mass is 229 g/mol. The summed E-state index contributed by atoms with van der Waals surface area (Å²) in [5.74, 6) is 0.510. The number of nitrogens with zero attached hydrogens (tertiary/aromatic N) is 1. The molecule has 1 heterocycles. The van der Waals surface area contributed by atoms with Gasteiger partial charge in [-0.2, -0.15) is 13.2 Å². The van der Waals surface area contributed by atoms with Crippen LogP contribution in [0.15, 0.2) is 22.6 Å². The summed E-state index contributed by atoms with van der Waals surface area (Å²) < 4.78 is 42.6. The van der Waals surface area contributed by atoms with Crippen LogP contribution in [0.5, 0.6) is 0 Å². The molecule has 0 bridgehead atoms. The minimum absolute atomic E-state index is 0.0572. The molecule has 0 radical (unpaired) electrons. The van der Waals surface area contributed by atoms with E-state index in [1.807, 2.05) is 13.8 Å². The van der Waals surface area contributed by atoms with Gasteiger partial charge in [0.05, 0.1) is 5.56 Å². The first-order valence-electron chi connectivity index (χ1n) is 4.85. The van der Waals surface area contributed by atoms with Gasteiger partial charge in [0, 0.05) is 5.92 Å². The molecule has 86 valence electrons. The first-order chi connectivity index (χ1) is 7.38. The third-order valence-corrected chi connectivity index (χ3v) is 2.23. The van der Waals surface area contributed by atoms with Crippen molar-refractivity contribution in [3.05, 3.63) is 29.7 Å². The van der Waals surface area contributed by atoms with E-state index < -0.39 is 11.7 Å². The van der Waals surface area contributed by atoms with Crippen molar-refractivity contribution >= 4 is 11.1 Å². The van der Waals surface area contributed by atoms with E-state index in [1.165, 1.54) is 6.07 Å². The maximum absolute atomic E-state index is 12.4. The molecule has 5 heteroatoms. The van der Waals surface area contributed by atoms with Crippen molar-refractivity contribution in [2.45, 2.75) is 25.9 Å². The molecule has 1 aromatic heterocycles. The zero-order chi connectivity index (χ0) is 11.9. The van der Waals surface area contributed by atoms with Gasteiger partial charge >= 0.3 is 6.18 Å². The van der Waals surface area contributed by atoms with Crippen LogP contribution in [-0.4, -0.2) is 4.98 Å². The van der Waals surface area contributed by atoms with Crippen molar-refractivity contribution in [3.63, 3.8) is 0 Å². The predicted octanol–water partition coefficient (Wildman–Crippen LogP) is 3.97. The van der Waals surface area contributed by atoms with Crippen molar-refractivity contribution < 1.29 is 17.6 Å². The van der Waals surface area contributed by atoms with Crippen molar-refractivity contribution in [1.29, 1.82) is 0 Å². The molecular formula is C11H10F3NO. The summed E-state index contributed by atoms with van der Waals surface area (Å²) in [6, 6.07) is 3.30. The van der Waals surface area contributed by atoms with Crippen LogP contribution in [0.2, 0.25) is 0 Å². The quantitative estimate of drug-likeness (QED) is 0.739. The van der Waals surface area contributed by atoms with Crippen LogP contribution in [0, 0.1) is 0 Å². The van der Waals surface area contributed by atoms with Crippen LogP contribution < -0.4 is 0 Å². The molecule has 0 fully saturated rings. The average Bonchev–Trinajstić information content (AvgIpc) is 2.58. The Hall–Kier alpha value is -1.52. The molecule has 0 saturated heterocycles. The molecule has 0 unspecified atom stereocenters. The average molecular weight is 229 g/mol. The second-order valence-corrected chi connectivity index (χ2v) is 3.89. The topological polar surface area (TPSA) is 26.0 Å². The Bertz CT molecular complexity index is 513. The van der Waals surface area contributed by atoms with Gasteiger partial charge in [-0.3, -0.25) is 0 Å². The number of hydrogen-bond acceptors (Lipinski definition) is 2. The lowest BCUT2D eigenvalue weighted by molar-refractivity contribution is -0.137. The maximum Gasteiger partial charge on any atom is 0.416 e. The zero-order valence-electron chi connectivity index (χ0n) is 8.80. The van der Waals surface area contributed by atoms with Crippen LogP contribution in [0.4, 0.5) is 13.2 Å². The summed E-state index contributed by atoms with van der Waals surface area (Å²) in [5.41, 5.74) is -0.0705. The number of aromatic nitrogens is 1. The molecule has 0 saturated carbocycles. The summed E-state index contributed by atoms with van der Waals surface area (Å²) in [7, 11) is 0. The fourth-order valence-corrected chi connectivity index (χ4v) is 1.37. The van der Waals surface area contributed by atoms with Gasteiger partial charge in [0.2, 0.25) is 0 Å². The zero-order valence-corrected chi connectivity index (χ0v) is 8.80. The van der Waals surface area contributed by atoms with Gasteiger partial charge in [0.25, 0.3) is 0 Å². The highest BCUT2D eigenvalue weighted by molar-refractivity contribution is 5.73.